The van der Waals surface area contributed by atoms with E-state index in [1.165, 1.54) is 25.7 Å². The average Bonchev–Trinajstić information content (AvgIpc) is 2.25. The lowest BCUT2D eigenvalue weighted by Crippen LogP contribution is -2.01. The van der Waals surface area contributed by atoms with Gasteiger partial charge >= 0.3 is 0 Å². The number of hydrogen-bond donors (Lipinski definition) is 0. The molecule has 0 radical (unpaired) electrons. The molecule has 1 fully saturated rings. The van der Waals surface area contributed by atoms with Crippen LogP contribution in [0.5, 0.6) is 0 Å². The Morgan fingerprint density at radius 3 is 3.11 bits per heavy atom. The van der Waals surface area contributed by atoms with Crippen molar-refractivity contribution in [3.05, 3.63) is 9.66 Å². The molecule has 0 amide bonds. The highest BCUT2D eigenvalue weighted by molar-refractivity contribution is 14.1. The van der Waals surface area contributed by atoms with Gasteiger partial charge in [-0.2, -0.15) is 0 Å². The van der Waals surface area contributed by atoms with Crippen LogP contribution in [0.4, 0.5) is 0 Å². The summed E-state index contributed by atoms with van der Waals surface area (Å²) in [4.78, 5) is 0. The van der Waals surface area contributed by atoms with E-state index in [2.05, 4.69) is 28.7 Å². The third-order valence-electron chi connectivity index (χ3n) is 2.58. The maximum atomic E-state index is 2.51. The largest absolute Gasteiger partial charge is 0.0747 e. The maximum Gasteiger partial charge on any atom is -0.0103 e. The monoisotopic (exact) mass is 234 g/mol. The fourth-order valence-corrected chi connectivity index (χ4v) is 2.81. The van der Waals surface area contributed by atoms with Gasteiger partial charge in [-0.25, -0.2) is 0 Å². The summed E-state index contributed by atoms with van der Waals surface area (Å²) in [6.07, 6.45) is 8.27. The van der Waals surface area contributed by atoms with Gasteiger partial charge in [-0.1, -0.05) is 6.08 Å². The van der Waals surface area contributed by atoms with E-state index >= 15 is 0 Å². The molecule has 2 atom stereocenters. The average molecular weight is 234 g/mol. The third kappa shape index (κ3) is 1.04. The first-order valence-electron chi connectivity index (χ1n) is 3.72. The standard InChI is InChI=1S/C8H11I/c9-8-4-2-6-1-3-7(8)5-6/h4,6-7H,1-3,5H2. The van der Waals surface area contributed by atoms with Gasteiger partial charge in [0.1, 0.15) is 0 Å². The van der Waals surface area contributed by atoms with Gasteiger partial charge in [0.25, 0.3) is 0 Å². The zero-order chi connectivity index (χ0) is 6.27. The Kier molecular flexibility index (Phi) is 1.55. The Balaban J connectivity index is 2.21. The summed E-state index contributed by atoms with van der Waals surface area (Å²) in [6, 6.07) is 0. The Hall–Kier alpha value is 0.470. The molecule has 2 bridgehead atoms. The van der Waals surface area contributed by atoms with E-state index in [0.29, 0.717) is 0 Å². The van der Waals surface area contributed by atoms with Gasteiger partial charge in [-0.05, 0) is 63.7 Å². The summed E-state index contributed by atoms with van der Waals surface area (Å²) in [5.74, 6) is 2.04. The van der Waals surface area contributed by atoms with Crippen molar-refractivity contribution in [2.75, 3.05) is 0 Å². The lowest BCUT2D eigenvalue weighted by atomic mass is 9.96. The van der Waals surface area contributed by atoms with Crippen LogP contribution in [0.25, 0.3) is 0 Å². The van der Waals surface area contributed by atoms with E-state index < -0.39 is 0 Å². The molecular formula is C8H11I. The molecule has 2 aliphatic carbocycles. The first kappa shape index (κ1) is 6.20. The van der Waals surface area contributed by atoms with Crippen LogP contribution < -0.4 is 0 Å². The predicted molar refractivity (Wildman–Crippen MR) is 47.6 cm³/mol. The Morgan fingerprint density at radius 2 is 2.33 bits per heavy atom. The molecule has 1 heteroatoms. The van der Waals surface area contributed by atoms with E-state index in [9.17, 15) is 0 Å². The maximum absolute atomic E-state index is 2.51. The molecule has 1 saturated carbocycles. The lowest BCUT2D eigenvalue weighted by Gasteiger charge is -2.15. The number of rotatable bonds is 0. The van der Waals surface area contributed by atoms with Gasteiger partial charge in [-0.15, -0.1) is 0 Å². The molecule has 2 unspecified atom stereocenters. The molecule has 2 aliphatic rings. The van der Waals surface area contributed by atoms with Crippen molar-refractivity contribution in [3.63, 3.8) is 0 Å². The molecule has 0 N–H and O–H groups in total. The lowest BCUT2D eigenvalue weighted by molar-refractivity contribution is 0.518. The number of fused-ring (bicyclic) bond motifs is 2. The summed E-state index contributed by atoms with van der Waals surface area (Å²) in [5.41, 5.74) is 0. The Morgan fingerprint density at radius 1 is 1.44 bits per heavy atom. The van der Waals surface area contributed by atoms with Crippen LogP contribution >= 0.6 is 22.6 Å². The molecule has 0 saturated heterocycles. The smallest absolute Gasteiger partial charge is 0.0103 e. The van der Waals surface area contributed by atoms with Gasteiger partial charge in [0.2, 0.25) is 0 Å². The summed E-state index contributed by atoms with van der Waals surface area (Å²) in [5, 5.41) is 0. The molecular weight excluding hydrogens is 223 g/mol. The van der Waals surface area contributed by atoms with Crippen LogP contribution in [0.2, 0.25) is 0 Å². The van der Waals surface area contributed by atoms with Crippen molar-refractivity contribution in [2.45, 2.75) is 25.7 Å². The van der Waals surface area contributed by atoms with Crippen LogP contribution in [0, 0.1) is 11.8 Å². The van der Waals surface area contributed by atoms with Crippen LogP contribution in [0.15, 0.2) is 9.66 Å². The zero-order valence-corrected chi connectivity index (χ0v) is 7.60. The van der Waals surface area contributed by atoms with Crippen molar-refractivity contribution >= 4 is 22.6 Å². The third-order valence-corrected chi connectivity index (χ3v) is 3.90. The molecule has 0 aromatic rings. The molecule has 0 heterocycles. The quantitative estimate of drug-likeness (QED) is 0.565. The van der Waals surface area contributed by atoms with Crippen molar-refractivity contribution in [1.82, 2.24) is 0 Å². The summed E-state index contributed by atoms with van der Waals surface area (Å²) in [7, 11) is 0. The van der Waals surface area contributed by atoms with Crippen molar-refractivity contribution < 1.29 is 0 Å². The molecule has 2 rings (SSSR count). The Bertz CT molecular complexity index is 149. The molecule has 9 heavy (non-hydrogen) atoms. The van der Waals surface area contributed by atoms with E-state index in [1.54, 1.807) is 3.58 Å². The zero-order valence-electron chi connectivity index (χ0n) is 5.44. The van der Waals surface area contributed by atoms with Crippen LogP contribution in [0.3, 0.4) is 0 Å². The fraction of sp³-hybridized carbons (Fsp3) is 0.750. The molecule has 0 aromatic carbocycles. The minimum Gasteiger partial charge on any atom is -0.0747 e. The van der Waals surface area contributed by atoms with Crippen molar-refractivity contribution in [3.8, 4) is 0 Å². The first-order valence-corrected chi connectivity index (χ1v) is 4.79. The van der Waals surface area contributed by atoms with E-state index in [0.717, 1.165) is 11.8 Å². The van der Waals surface area contributed by atoms with Crippen molar-refractivity contribution in [1.29, 1.82) is 0 Å². The number of hydrogen-bond acceptors (Lipinski definition) is 0. The molecule has 0 nitrogen and oxygen atoms in total. The predicted octanol–water partition coefficient (Wildman–Crippen LogP) is 3.13. The molecule has 0 aromatic heterocycles. The fourth-order valence-electron chi connectivity index (χ4n) is 1.99. The van der Waals surface area contributed by atoms with Gasteiger partial charge in [0.15, 0.2) is 0 Å². The van der Waals surface area contributed by atoms with Gasteiger partial charge in [-0.3, -0.25) is 0 Å². The number of allylic oxidation sites excluding steroid dienone is 2. The van der Waals surface area contributed by atoms with E-state index in [-0.39, 0.29) is 0 Å². The van der Waals surface area contributed by atoms with E-state index in [1.807, 2.05) is 0 Å². The highest BCUT2D eigenvalue weighted by Crippen LogP contribution is 2.44. The van der Waals surface area contributed by atoms with Gasteiger partial charge < -0.3 is 0 Å². The molecule has 50 valence electrons. The number of halogens is 1. The summed E-state index contributed by atoms with van der Waals surface area (Å²) < 4.78 is 1.64. The minimum atomic E-state index is 0.976. The van der Waals surface area contributed by atoms with Crippen LogP contribution in [-0.4, -0.2) is 0 Å². The molecule has 0 spiro atoms. The van der Waals surface area contributed by atoms with E-state index in [4.69, 9.17) is 0 Å². The minimum absolute atomic E-state index is 0.976. The van der Waals surface area contributed by atoms with Crippen LogP contribution in [0.1, 0.15) is 25.7 Å². The normalized spacial score (nSPS) is 40.8. The topological polar surface area (TPSA) is 0 Å². The highest BCUT2D eigenvalue weighted by Gasteiger charge is 2.28. The second kappa shape index (κ2) is 2.26. The SMILES string of the molecule is IC1=CCC2CCC1C2. The van der Waals surface area contributed by atoms with Crippen molar-refractivity contribution in [2.24, 2.45) is 11.8 Å². The van der Waals surface area contributed by atoms with Gasteiger partial charge in [0.05, 0.1) is 0 Å². The Labute approximate surface area is 69.9 Å². The summed E-state index contributed by atoms with van der Waals surface area (Å²) in [6.45, 7) is 0. The summed E-state index contributed by atoms with van der Waals surface area (Å²) >= 11 is 2.51. The second-order valence-corrected chi connectivity index (χ2v) is 4.45. The van der Waals surface area contributed by atoms with Gasteiger partial charge in [0, 0.05) is 0 Å². The second-order valence-electron chi connectivity index (χ2n) is 3.20. The molecule has 0 aliphatic heterocycles. The van der Waals surface area contributed by atoms with Crippen LogP contribution in [-0.2, 0) is 0 Å². The first-order chi connectivity index (χ1) is 4.36. The highest BCUT2D eigenvalue weighted by atomic mass is 127.